The summed E-state index contributed by atoms with van der Waals surface area (Å²) in [4.78, 5) is 22.3. The van der Waals surface area contributed by atoms with Crippen LogP contribution in [0.5, 0.6) is 11.5 Å². The van der Waals surface area contributed by atoms with E-state index in [0.717, 1.165) is 0 Å². The molecular formula is C16H10BrNO6. The number of para-hydroxylation sites is 1. The molecule has 7 nitrogen and oxygen atoms in total. The van der Waals surface area contributed by atoms with E-state index in [9.17, 15) is 20.0 Å². The van der Waals surface area contributed by atoms with Crippen molar-refractivity contribution < 1.29 is 24.3 Å². The van der Waals surface area contributed by atoms with E-state index in [1.54, 1.807) is 12.1 Å². The molecule has 0 saturated heterocycles. The van der Waals surface area contributed by atoms with Crippen molar-refractivity contribution >= 4 is 39.2 Å². The van der Waals surface area contributed by atoms with Crippen molar-refractivity contribution in [2.45, 2.75) is 0 Å². The molecule has 1 aliphatic rings. The van der Waals surface area contributed by atoms with Gasteiger partial charge in [0.2, 0.25) is 6.79 Å². The van der Waals surface area contributed by atoms with Gasteiger partial charge in [0, 0.05) is 16.1 Å². The molecule has 0 spiro atoms. The summed E-state index contributed by atoms with van der Waals surface area (Å²) in [6, 6.07) is 9.07. The first-order chi connectivity index (χ1) is 11.5. The number of rotatable bonds is 4. The summed E-state index contributed by atoms with van der Waals surface area (Å²) in [7, 11) is 0. The molecule has 8 heteroatoms. The third kappa shape index (κ3) is 2.95. The molecule has 0 bridgehead atoms. The first-order valence-corrected chi connectivity index (χ1v) is 7.54. The van der Waals surface area contributed by atoms with Crippen molar-refractivity contribution in [3.8, 4) is 11.5 Å². The van der Waals surface area contributed by atoms with Gasteiger partial charge in [-0.3, -0.25) is 10.1 Å². The lowest BCUT2D eigenvalue weighted by molar-refractivity contribution is -0.385. The fourth-order valence-corrected chi connectivity index (χ4v) is 2.85. The van der Waals surface area contributed by atoms with E-state index in [-0.39, 0.29) is 23.6 Å². The SMILES string of the molecule is O=C(O)C(=Cc1ccccc1[N+](=O)[O-])c1cc2c(cc1Br)OCO2. The minimum atomic E-state index is -1.22. The number of carbonyl (C=O) groups is 1. The number of carboxylic acid groups (broad SMARTS) is 1. The number of aliphatic carboxylic acids is 1. The van der Waals surface area contributed by atoms with E-state index in [0.29, 0.717) is 21.5 Å². The number of carboxylic acids is 1. The fourth-order valence-electron chi connectivity index (χ4n) is 2.31. The minimum Gasteiger partial charge on any atom is -0.478 e. The average molecular weight is 392 g/mol. The lowest BCUT2D eigenvalue weighted by atomic mass is 10.0. The zero-order valence-corrected chi connectivity index (χ0v) is 13.6. The van der Waals surface area contributed by atoms with Gasteiger partial charge in [0.1, 0.15) is 0 Å². The molecule has 0 aromatic heterocycles. The summed E-state index contributed by atoms with van der Waals surface area (Å²) < 4.78 is 11.0. The van der Waals surface area contributed by atoms with Crippen LogP contribution in [-0.2, 0) is 4.79 Å². The van der Waals surface area contributed by atoms with E-state index in [1.807, 2.05) is 0 Å². The van der Waals surface area contributed by atoms with Crippen LogP contribution in [-0.4, -0.2) is 22.8 Å². The second kappa shape index (κ2) is 6.32. The summed E-state index contributed by atoms with van der Waals surface area (Å²) in [6.45, 7) is 0.0570. The van der Waals surface area contributed by atoms with Gasteiger partial charge in [0.25, 0.3) is 5.69 Å². The van der Waals surface area contributed by atoms with E-state index < -0.39 is 10.9 Å². The molecule has 1 N–H and O–H groups in total. The molecule has 0 aliphatic carbocycles. The average Bonchev–Trinajstić information content (AvgIpc) is 2.99. The summed E-state index contributed by atoms with van der Waals surface area (Å²) in [5.74, 6) is -0.295. The van der Waals surface area contributed by atoms with E-state index in [4.69, 9.17) is 9.47 Å². The van der Waals surface area contributed by atoms with Crippen molar-refractivity contribution in [3.05, 3.63) is 62.1 Å². The maximum atomic E-state index is 11.7. The van der Waals surface area contributed by atoms with Crippen LogP contribution < -0.4 is 9.47 Å². The molecule has 0 unspecified atom stereocenters. The number of nitrogens with zero attached hydrogens (tertiary/aromatic N) is 1. The third-order valence-corrected chi connectivity index (χ3v) is 4.07. The van der Waals surface area contributed by atoms with Crippen molar-refractivity contribution in [3.63, 3.8) is 0 Å². The van der Waals surface area contributed by atoms with Gasteiger partial charge in [-0.2, -0.15) is 0 Å². The predicted octanol–water partition coefficient (Wildman–Crippen LogP) is 3.71. The quantitative estimate of drug-likeness (QED) is 0.369. The van der Waals surface area contributed by atoms with Gasteiger partial charge in [-0.05, 0) is 24.3 Å². The Balaban J connectivity index is 2.16. The highest BCUT2D eigenvalue weighted by Gasteiger charge is 2.22. The van der Waals surface area contributed by atoms with Crippen LogP contribution in [0.15, 0.2) is 40.9 Å². The number of halogens is 1. The topological polar surface area (TPSA) is 98.9 Å². The zero-order chi connectivity index (χ0) is 17.3. The molecule has 1 aliphatic heterocycles. The van der Waals surface area contributed by atoms with E-state index in [2.05, 4.69) is 15.9 Å². The van der Waals surface area contributed by atoms with Crippen molar-refractivity contribution in [2.75, 3.05) is 6.79 Å². The Labute approximate surface area is 144 Å². The molecule has 24 heavy (non-hydrogen) atoms. The molecule has 2 aromatic carbocycles. The number of ether oxygens (including phenoxy) is 2. The van der Waals surface area contributed by atoms with Crippen LogP contribution in [0.2, 0.25) is 0 Å². The normalized spacial score (nSPS) is 13.0. The number of nitro groups is 1. The lowest BCUT2D eigenvalue weighted by Crippen LogP contribution is -2.01. The third-order valence-electron chi connectivity index (χ3n) is 3.42. The Morgan fingerprint density at radius 1 is 1.25 bits per heavy atom. The van der Waals surface area contributed by atoms with Gasteiger partial charge in [-0.1, -0.05) is 28.1 Å². The number of hydrogen-bond acceptors (Lipinski definition) is 5. The highest BCUT2D eigenvalue weighted by Crippen LogP contribution is 2.40. The molecule has 0 fully saturated rings. The molecular weight excluding hydrogens is 382 g/mol. The Morgan fingerprint density at radius 3 is 2.58 bits per heavy atom. The zero-order valence-electron chi connectivity index (χ0n) is 12.1. The van der Waals surface area contributed by atoms with Crippen LogP contribution in [0.4, 0.5) is 5.69 Å². The maximum absolute atomic E-state index is 11.7. The molecule has 0 atom stereocenters. The predicted molar refractivity (Wildman–Crippen MR) is 88.9 cm³/mol. The Hall–Kier alpha value is -2.87. The summed E-state index contributed by atoms with van der Waals surface area (Å²) in [5.41, 5.74) is 0.261. The lowest BCUT2D eigenvalue weighted by Gasteiger charge is -2.08. The number of benzene rings is 2. The van der Waals surface area contributed by atoms with Gasteiger partial charge in [0.05, 0.1) is 16.1 Å². The number of hydrogen-bond donors (Lipinski definition) is 1. The van der Waals surface area contributed by atoms with Gasteiger partial charge < -0.3 is 14.6 Å². The summed E-state index contributed by atoms with van der Waals surface area (Å²) in [5, 5.41) is 20.7. The van der Waals surface area contributed by atoms with Crippen LogP contribution in [0.1, 0.15) is 11.1 Å². The van der Waals surface area contributed by atoms with Gasteiger partial charge in [-0.25, -0.2) is 4.79 Å². The molecule has 122 valence electrons. The Morgan fingerprint density at radius 2 is 1.92 bits per heavy atom. The molecule has 1 heterocycles. The van der Waals surface area contributed by atoms with Crippen molar-refractivity contribution in [2.24, 2.45) is 0 Å². The number of nitro benzene ring substituents is 1. The summed E-state index contributed by atoms with van der Waals surface area (Å²) >= 11 is 3.31. The van der Waals surface area contributed by atoms with Crippen LogP contribution in [0.3, 0.4) is 0 Å². The Bertz CT molecular complexity index is 877. The first-order valence-electron chi connectivity index (χ1n) is 6.75. The molecule has 0 saturated carbocycles. The number of fused-ring (bicyclic) bond motifs is 1. The standard InChI is InChI=1S/C16H10BrNO6/c17-12-7-15-14(23-8-24-15)6-10(12)11(16(19)20)5-9-3-1-2-4-13(9)18(21)22/h1-7H,8H2,(H,19,20). The van der Waals surface area contributed by atoms with Crippen LogP contribution in [0.25, 0.3) is 11.6 Å². The maximum Gasteiger partial charge on any atom is 0.336 e. The first kappa shape index (κ1) is 16.0. The highest BCUT2D eigenvalue weighted by atomic mass is 79.9. The smallest absolute Gasteiger partial charge is 0.336 e. The van der Waals surface area contributed by atoms with E-state index >= 15 is 0 Å². The highest BCUT2D eigenvalue weighted by molar-refractivity contribution is 9.10. The van der Waals surface area contributed by atoms with Crippen molar-refractivity contribution in [1.29, 1.82) is 0 Å². The Kier molecular flexibility index (Phi) is 4.22. The minimum absolute atomic E-state index is 0.0570. The molecule has 0 amide bonds. The molecule has 0 radical (unpaired) electrons. The second-order valence-corrected chi connectivity index (χ2v) is 5.72. The van der Waals surface area contributed by atoms with E-state index in [1.165, 1.54) is 30.3 Å². The van der Waals surface area contributed by atoms with Gasteiger partial charge in [-0.15, -0.1) is 0 Å². The molecule has 3 rings (SSSR count). The molecule has 2 aromatic rings. The van der Waals surface area contributed by atoms with Crippen molar-refractivity contribution in [1.82, 2.24) is 0 Å². The monoisotopic (exact) mass is 391 g/mol. The summed E-state index contributed by atoms with van der Waals surface area (Å²) in [6.07, 6.45) is 1.27. The van der Waals surface area contributed by atoms with Gasteiger partial charge in [0.15, 0.2) is 11.5 Å². The fraction of sp³-hybridized carbons (Fsp3) is 0.0625. The van der Waals surface area contributed by atoms with Crippen LogP contribution >= 0.6 is 15.9 Å². The second-order valence-electron chi connectivity index (χ2n) is 4.86. The van der Waals surface area contributed by atoms with Crippen LogP contribution in [0, 0.1) is 10.1 Å². The largest absolute Gasteiger partial charge is 0.478 e. The van der Waals surface area contributed by atoms with Gasteiger partial charge >= 0.3 is 5.97 Å².